The number of hydrogen-bond donors (Lipinski definition) is 1. The molecule has 1 saturated heterocycles. The smallest absolute Gasteiger partial charge is 0.295 e. The summed E-state index contributed by atoms with van der Waals surface area (Å²) in [6.45, 7) is 8.50. The number of amides is 1. The zero-order chi connectivity index (χ0) is 24.3. The van der Waals surface area contributed by atoms with E-state index in [-0.39, 0.29) is 11.3 Å². The van der Waals surface area contributed by atoms with Gasteiger partial charge in [-0.1, -0.05) is 43.1 Å². The number of aliphatic hydroxyl groups excluding tert-OH is 1. The molecule has 1 N–H and O–H groups in total. The third-order valence-corrected chi connectivity index (χ3v) is 6.76. The number of likely N-dealkylation sites (N-methyl/N-ethyl adjacent to an activating group) is 1. The van der Waals surface area contributed by atoms with Gasteiger partial charge in [-0.05, 0) is 61.5 Å². The number of carbonyl (C=O) groups excluding carboxylic acids is 2. The average molecular weight is 491 g/mol. The number of aryl methyl sites for hydroxylation is 1. The second kappa shape index (κ2) is 10.6. The average Bonchev–Trinajstić information content (AvgIpc) is 3.06. The Morgan fingerprint density at radius 2 is 1.79 bits per heavy atom. The summed E-state index contributed by atoms with van der Waals surface area (Å²) < 4.78 is 5.29. The number of hydrogen-bond acceptors (Lipinski definition) is 5. The summed E-state index contributed by atoms with van der Waals surface area (Å²) in [5, 5.41) is 11.9. The maximum Gasteiger partial charge on any atom is 0.295 e. The summed E-state index contributed by atoms with van der Waals surface area (Å²) >= 11 is 12.4. The van der Waals surface area contributed by atoms with Crippen LogP contribution in [-0.2, 0) is 9.59 Å². The zero-order valence-corrected chi connectivity index (χ0v) is 20.7. The molecular weight excluding hydrogens is 463 g/mol. The quantitative estimate of drug-likeness (QED) is 0.317. The van der Waals surface area contributed by atoms with Crippen LogP contribution in [-0.4, -0.2) is 59.9 Å². The molecule has 0 unspecified atom stereocenters. The first-order valence-corrected chi connectivity index (χ1v) is 11.6. The van der Waals surface area contributed by atoms with Crippen LogP contribution in [0.25, 0.3) is 5.76 Å². The first-order valence-electron chi connectivity index (χ1n) is 10.8. The van der Waals surface area contributed by atoms with Crippen molar-refractivity contribution in [3.05, 3.63) is 68.7 Å². The highest BCUT2D eigenvalue weighted by Gasteiger charge is 2.46. The Balaban J connectivity index is 2.14. The molecule has 0 aromatic heterocycles. The molecule has 0 radical (unpaired) electrons. The van der Waals surface area contributed by atoms with Crippen molar-refractivity contribution < 1.29 is 19.4 Å². The van der Waals surface area contributed by atoms with Gasteiger partial charge in [-0.15, -0.1) is 0 Å². The Hall–Kier alpha value is -2.54. The Morgan fingerprint density at radius 3 is 2.36 bits per heavy atom. The fourth-order valence-electron chi connectivity index (χ4n) is 4.11. The lowest BCUT2D eigenvalue weighted by atomic mass is 9.94. The van der Waals surface area contributed by atoms with Crippen molar-refractivity contribution in [2.75, 3.05) is 33.3 Å². The number of halogens is 2. The minimum atomic E-state index is -0.780. The van der Waals surface area contributed by atoms with Gasteiger partial charge in [-0.25, -0.2) is 0 Å². The van der Waals surface area contributed by atoms with Crippen LogP contribution in [0.3, 0.4) is 0 Å². The topological polar surface area (TPSA) is 70.1 Å². The van der Waals surface area contributed by atoms with Crippen molar-refractivity contribution in [2.45, 2.75) is 26.8 Å². The maximum atomic E-state index is 13.2. The molecule has 2 aromatic rings. The summed E-state index contributed by atoms with van der Waals surface area (Å²) in [7, 11) is 1.56. The lowest BCUT2D eigenvalue weighted by Gasteiger charge is -2.28. The SMILES string of the molecule is CCN(CC)CCN1C(=O)C(=O)C(=C(O)c2ccc(OC)c(C)c2)[C@H]1c1ccc(Cl)c(Cl)c1. The second-order valence-corrected chi connectivity index (χ2v) is 8.69. The van der Waals surface area contributed by atoms with E-state index in [1.54, 1.807) is 43.5 Å². The number of methoxy groups -OCH3 is 1. The van der Waals surface area contributed by atoms with Crippen molar-refractivity contribution in [2.24, 2.45) is 0 Å². The van der Waals surface area contributed by atoms with Crippen LogP contribution in [0.15, 0.2) is 42.0 Å². The van der Waals surface area contributed by atoms with E-state index in [1.165, 1.54) is 4.90 Å². The highest BCUT2D eigenvalue weighted by Crippen LogP contribution is 2.41. The van der Waals surface area contributed by atoms with Crippen molar-refractivity contribution in [1.82, 2.24) is 9.80 Å². The molecule has 3 rings (SSSR count). The zero-order valence-electron chi connectivity index (χ0n) is 19.2. The molecule has 0 saturated carbocycles. The number of aliphatic hydroxyl groups is 1. The van der Waals surface area contributed by atoms with Gasteiger partial charge in [0.25, 0.3) is 11.7 Å². The predicted octanol–water partition coefficient (Wildman–Crippen LogP) is 5.07. The number of ether oxygens (including phenoxy) is 1. The number of benzene rings is 2. The molecule has 0 bridgehead atoms. The lowest BCUT2D eigenvalue weighted by molar-refractivity contribution is -0.140. The van der Waals surface area contributed by atoms with Crippen molar-refractivity contribution in [3.63, 3.8) is 0 Å². The number of likely N-dealkylation sites (tertiary alicyclic amines) is 1. The van der Waals surface area contributed by atoms with E-state index in [2.05, 4.69) is 4.90 Å². The second-order valence-electron chi connectivity index (χ2n) is 7.88. The van der Waals surface area contributed by atoms with Gasteiger partial charge >= 0.3 is 0 Å². The molecule has 176 valence electrons. The Bertz CT molecular complexity index is 1100. The first kappa shape index (κ1) is 25.1. The number of carbonyl (C=O) groups is 2. The fraction of sp³-hybridized carbons (Fsp3) is 0.360. The van der Waals surface area contributed by atoms with E-state index in [0.29, 0.717) is 40.0 Å². The van der Waals surface area contributed by atoms with Gasteiger partial charge in [-0.3, -0.25) is 9.59 Å². The highest BCUT2D eigenvalue weighted by atomic mass is 35.5. The largest absolute Gasteiger partial charge is 0.507 e. The van der Waals surface area contributed by atoms with Crippen LogP contribution in [0.4, 0.5) is 0 Å². The molecule has 1 aliphatic rings. The molecule has 1 atom stereocenters. The van der Waals surface area contributed by atoms with E-state index in [9.17, 15) is 14.7 Å². The van der Waals surface area contributed by atoms with Gasteiger partial charge in [0.05, 0.1) is 28.8 Å². The summed E-state index contributed by atoms with van der Waals surface area (Å²) in [6, 6.07) is 9.31. The molecule has 0 aliphatic carbocycles. The van der Waals surface area contributed by atoms with Gasteiger partial charge in [0.15, 0.2) is 0 Å². The van der Waals surface area contributed by atoms with Gasteiger partial charge in [0.2, 0.25) is 0 Å². The third-order valence-electron chi connectivity index (χ3n) is 6.02. The van der Waals surface area contributed by atoms with Gasteiger partial charge < -0.3 is 19.6 Å². The molecule has 1 fully saturated rings. The number of ketones is 1. The number of rotatable bonds is 8. The lowest BCUT2D eigenvalue weighted by Crippen LogP contribution is -2.38. The predicted molar refractivity (Wildman–Crippen MR) is 131 cm³/mol. The van der Waals surface area contributed by atoms with Crippen molar-refractivity contribution >= 4 is 40.7 Å². The van der Waals surface area contributed by atoms with Gasteiger partial charge in [0.1, 0.15) is 11.5 Å². The van der Waals surface area contributed by atoms with Crippen LogP contribution in [0.5, 0.6) is 5.75 Å². The van der Waals surface area contributed by atoms with Crippen LogP contribution in [0.2, 0.25) is 10.0 Å². The van der Waals surface area contributed by atoms with Crippen LogP contribution in [0, 0.1) is 6.92 Å². The highest BCUT2D eigenvalue weighted by molar-refractivity contribution is 6.46. The summed E-state index contributed by atoms with van der Waals surface area (Å²) in [6.07, 6.45) is 0. The van der Waals surface area contributed by atoms with Gasteiger partial charge in [-0.2, -0.15) is 0 Å². The maximum absolute atomic E-state index is 13.2. The molecular formula is C25H28Cl2N2O4. The monoisotopic (exact) mass is 490 g/mol. The van der Waals surface area contributed by atoms with Gasteiger partial charge in [0, 0.05) is 18.7 Å². The Kier molecular flexibility index (Phi) is 8.05. The van der Waals surface area contributed by atoms with E-state index in [0.717, 1.165) is 18.7 Å². The summed E-state index contributed by atoms with van der Waals surface area (Å²) in [5.74, 6) is -0.950. The number of Topliss-reactive ketones (excluding diaryl/α,β-unsaturated/α-hetero) is 1. The minimum Gasteiger partial charge on any atom is -0.507 e. The first-order chi connectivity index (χ1) is 15.7. The molecule has 1 heterocycles. The van der Waals surface area contributed by atoms with E-state index >= 15 is 0 Å². The molecule has 2 aromatic carbocycles. The fourth-order valence-corrected chi connectivity index (χ4v) is 4.42. The standard InChI is InChI=1S/C25H28Cl2N2O4/c1-5-28(6-2)11-12-29-22(16-7-9-18(26)19(27)14-16)21(24(31)25(29)32)23(30)17-8-10-20(33-4)15(3)13-17/h7-10,13-14,22,30H,5-6,11-12H2,1-4H3/t22-/m1/s1. The molecule has 8 heteroatoms. The Labute approximate surface area is 204 Å². The van der Waals surface area contributed by atoms with Crippen molar-refractivity contribution in [1.29, 1.82) is 0 Å². The van der Waals surface area contributed by atoms with E-state index in [1.807, 2.05) is 20.8 Å². The normalized spacial score (nSPS) is 17.8. The van der Waals surface area contributed by atoms with Crippen molar-refractivity contribution in [3.8, 4) is 5.75 Å². The van der Waals surface area contributed by atoms with Crippen LogP contribution < -0.4 is 4.74 Å². The molecule has 33 heavy (non-hydrogen) atoms. The van der Waals surface area contributed by atoms with E-state index in [4.69, 9.17) is 27.9 Å². The molecule has 1 amide bonds. The molecule has 1 aliphatic heterocycles. The van der Waals surface area contributed by atoms with Crippen LogP contribution in [0.1, 0.15) is 36.6 Å². The summed E-state index contributed by atoms with van der Waals surface area (Å²) in [4.78, 5) is 29.9. The Morgan fingerprint density at radius 1 is 1.09 bits per heavy atom. The molecule has 0 spiro atoms. The minimum absolute atomic E-state index is 0.0301. The summed E-state index contributed by atoms with van der Waals surface area (Å²) in [5.41, 5.74) is 1.86. The van der Waals surface area contributed by atoms with E-state index < -0.39 is 17.7 Å². The number of nitrogens with zero attached hydrogens (tertiary/aromatic N) is 2. The molecule has 6 nitrogen and oxygen atoms in total. The van der Waals surface area contributed by atoms with Crippen LogP contribution >= 0.6 is 23.2 Å². The third kappa shape index (κ3) is 5.03.